The number of nitrogens with one attached hydrogen (secondary N) is 1. The summed E-state index contributed by atoms with van der Waals surface area (Å²) in [4.78, 5) is 13.5. The van der Waals surface area contributed by atoms with Gasteiger partial charge in [0, 0.05) is 12.6 Å². The van der Waals surface area contributed by atoms with Gasteiger partial charge in [-0.25, -0.2) is 0 Å². The van der Waals surface area contributed by atoms with Crippen molar-refractivity contribution in [3.63, 3.8) is 0 Å². The molecule has 1 amide bonds. The molecule has 0 aliphatic heterocycles. The van der Waals surface area contributed by atoms with Crippen LogP contribution in [-0.4, -0.2) is 43.5 Å². The molecule has 4 heteroatoms. The van der Waals surface area contributed by atoms with E-state index in [1.165, 1.54) is 0 Å². The lowest BCUT2D eigenvalue weighted by Crippen LogP contribution is -2.47. The van der Waals surface area contributed by atoms with Crippen LogP contribution in [0, 0.1) is 0 Å². The molecule has 3 N–H and O–H groups in total. The SMILES string of the molecule is CCCC(N)C(=O)NC(C)CN(C)C. The average molecular weight is 201 g/mol. The summed E-state index contributed by atoms with van der Waals surface area (Å²) in [5.41, 5.74) is 5.68. The van der Waals surface area contributed by atoms with Crippen LogP contribution >= 0.6 is 0 Å². The minimum atomic E-state index is -0.357. The predicted octanol–water partition coefficient (Wildman–Crippen LogP) is 0.180. The van der Waals surface area contributed by atoms with Gasteiger partial charge < -0.3 is 16.0 Å². The Labute approximate surface area is 86.8 Å². The highest BCUT2D eigenvalue weighted by atomic mass is 16.2. The molecule has 0 aromatic heterocycles. The van der Waals surface area contributed by atoms with Crippen molar-refractivity contribution >= 4 is 5.91 Å². The van der Waals surface area contributed by atoms with E-state index in [0.717, 1.165) is 19.4 Å². The second kappa shape index (κ2) is 6.79. The molecule has 14 heavy (non-hydrogen) atoms. The van der Waals surface area contributed by atoms with E-state index in [9.17, 15) is 4.79 Å². The summed E-state index contributed by atoms with van der Waals surface area (Å²) in [6.07, 6.45) is 1.69. The normalized spacial score (nSPS) is 15.3. The van der Waals surface area contributed by atoms with Crippen LogP contribution in [0.2, 0.25) is 0 Å². The van der Waals surface area contributed by atoms with Crippen molar-refractivity contribution in [2.24, 2.45) is 5.73 Å². The van der Waals surface area contributed by atoms with Gasteiger partial charge in [0.05, 0.1) is 6.04 Å². The maximum absolute atomic E-state index is 11.5. The zero-order chi connectivity index (χ0) is 11.1. The number of likely N-dealkylation sites (N-methyl/N-ethyl adjacent to an activating group) is 1. The van der Waals surface area contributed by atoms with Gasteiger partial charge in [-0.3, -0.25) is 4.79 Å². The number of nitrogens with two attached hydrogens (primary N) is 1. The summed E-state index contributed by atoms with van der Waals surface area (Å²) >= 11 is 0. The van der Waals surface area contributed by atoms with Crippen LogP contribution in [0.25, 0.3) is 0 Å². The molecule has 2 atom stereocenters. The summed E-state index contributed by atoms with van der Waals surface area (Å²) in [5.74, 6) is -0.0406. The number of carbonyl (C=O) groups excluding carboxylic acids is 1. The van der Waals surface area contributed by atoms with E-state index in [1.54, 1.807) is 0 Å². The second-order valence-corrected chi connectivity index (χ2v) is 4.07. The van der Waals surface area contributed by atoms with Crippen LogP contribution in [0.3, 0.4) is 0 Å². The topological polar surface area (TPSA) is 58.4 Å². The summed E-state index contributed by atoms with van der Waals surface area (Å²) in [6, 6.07) is -0.204. The van der Waals surface area contributed by atoms with E-state index < -0.39 is 0 Å². The summed E-state index contributed by atoms with van der Waals surface area (Å²) in [7, 11) is 3.96. The van der Waals surface area contributed by atoms with Gasteiger partial charge >= 0.3 is 0 Å². The van der Waals surface area contributed by atoms with Gasteiger partial charge in [-0.1, -0.05) is 13.3 Å². The monoisotopic (exact) mass is 201 g/mol. The van der Waals surface area contributed by atoms with Gasteiger partial charge in [-0.15, -0.1) is 0 Å². The molecule has 0 aliphatic rings. The molecule has 0 aliphatic carbocycles. The average Bonchev–Trinajstić information content (AvgIpc) is 2.02. The molecule has 0 heterocycles. The minimum absolute atomic E-state index is 0.0406. The molecule has 2 unspecified atom stereocenters. The van der Waals surface area contributed by atoms with E-state index in [0.29, 0.717) is 0 Å². The number of nitrogens with zero attached hydrogens (tertiary/aromatic N) is 1. The van der Waals surface area contributed by atoms with Crippen molar-refractivity contribution in [1.29, 1.82) is 0 Å². The van der Waals surface area contributed by atoms with Crippen LogP contribution in [-0.2, 0) is 4.79 Å². The first-order valence-corrected chi connectivity index (χ1v) is 5.18. The Morgan fingerprint density at radius 1 is 1.50 bits per heavy atom. The quantitative estimate of drug-likeness (QED) is 0.644. The van der Waals surface area contributed by atoms with Gasteiger partial charge in [-0.2, -0.15) is 0 Å². The van der Waals surface area contributed by atoms with Gasteiger partial charge in [-0.05, 0) is 27.4 Å². The highest BCUT2D eigenvalue weighted by Crippen LogP contribution is 1.94. The Morgan fingerprint density at radius 2 is 2.07 bits per heavy atom. The zero-order valence-electron chi connectivity index (χ0n) is 9.71. The summed E-state index contributed by atoms with van der Waals surface area (Å²) in [5, 5.41) is 2.89. The van der Waals surface area contributed by atoms with Crippen LogP contribution in [0.15, 0.2) is 0 Å². The molecule has 0 saturated heterocycles. The summed E-state index contributed by atoms with van der Waals surface area (Å²) in [6.45, 7) is 4.84. The predicted molar refractivity (Wildman–Crippen MR) is 59.0 cm³/mol. The highest BCUT2D eigenvalue weighted by molar-refractivity contribution is 5.81. The molecule has 0 saturated carbocycles. The first-order chi connectivity index (χ1) is 6.47. The number of rotatable bonds is 6. The number of carbonyl (C=O) groups is 1. The molecule has 0 spiro atoms. The Balaban J connectivity index is 3.80. The fourth-order valence-corrected chi connectivity index (χ4v) is 1.39. The van der Waals surface area contributed by atoms with Crippen molar-refractivity contribution in [2.45, 2.75) is 38.8 Å². The first kappa shape index (κ1) is 13.4. The van der Waals surface area contributed by atoms with Crippen molar-refractivity contribution in [3.05, 3.63) is 0 Å². The molecule has 0 aromatic carbocycles. The number of amides is 1. The fourth-order valence-electron chi connectivity index (χ4n) is 1.39. The van der Waals surface area contributed by atoms with Crippen molar-refractivity contribution in [3.8, 4) is 0 Å². The molecular formula is C10H23N3O. The number of hydrogen-bond donors (Lipinski definition) is 2. The minimum Gasteiger partial charge on any atom is -0.351 e. The third-order valence-electron chi connectivity index (χ3n) is 1.96. The van der Waals surface area contributed by atoms with Crippen LogP contribution in [0.4, 0.5) is 0 Å². The maximum Gasteiger partial charge on any atom is 0.237 e. The van der Waals surface area contributed by atoms with Crippen LogP contribution in [0.1, 0.15) is 26.7 Å². The van der Waals surface area contributed by atoms with Gasteiger partial charge in [0.15, 0.2) is 0 Å². The lowest BCUT2D eigenvalue weighted by Gasteiger charge is -2.20. The third kappa shape index (κ3) is 5.94. The Morgan fingerprint density at radius 3 is 2.50 bits per heavy atom. The third-order valence-corrected chi connectivity index (χ3v) is 1.96. The van der Waals surface area contributed by atoms with Gasteiger partial charge in [0.2, 0.25) is 5.91 Å². The smallest absolute Gasteiger partial charge is 0.237 e. The van der Waals surface area contributed by atoms with Gasteiger partial charge in [0.1, 0.15) is 0 Å². The zero-order valence-corrected chi connectivity index (χ0v) is 9.71. The molecular weight excluding hydrogens is 178 g/mol. The Bertz CT molecular complexity index is 171. The lowest BCUT2D eigenvalue weighted by atomic mass is 10.1. The molecule has 0 radical (unpaired) electrons. The second-order valence-electron chi connectivity index (χ2n) is 4.07. The Hall–Kier alpha value is -0.610. The van der Waals surface area contributed by atoms with Crippen LogP contribution < -0.4 is 11.1 Å². The highest BCUT2D eigenvalue weighted by Gasteiger charge is 2.14. The largest absolute Gasteiger partial charge is 0.351 e. The van der Waals surface area contributed by atoms with E-state index in [4.69, 9.17) is 5.73 Å². The van der Waals surface area contributed by atoms with Crippen molar-refractivity contribution in [1.82, 2.24) is 10.2 Å². The molecule has 0 bridgehead atoms. The lowest BCUT2D eigenvalue weighted by molar-refractivity contribution is -0.123. The maximum atomic E-state index is 11.5. The molecule has 84 valence electrons. The van der Waals surface area contributed by atoms with E-state index in [1.807, 2.05) is 32.8 Å². The van der Waals surface area contributed by atoms with Gasteiger partial charge in [0.25, 0.3) is 0 Å². The molecule has 0 fully saturated rings. The van der Waals surface area contributed by atoms with Crippen molar-refractivity contribution < 1.29 is 4.79 Å². The standard InChI is InChI=1S/C10H23N3O/c1-5-6-9(11)10(14)12-8(2)7-13(3)4/h8-9H,5-7,11H2,1-4H3,(H,12,14). The summed E-state index contributed by atoms with van der Waals surface area (Å²) < 4.78 is 0. The number of hydrogen-bond acceptors (Lipinski definition) is 3. The van der Waals surface area contributed by atoms with Crippen LogP contribution in [0.5, 0.6) is 0 Å². The molecule has 4 nitrogen and oxygen atoms in total. The van der Waals surface area contributed by atoms with E-state index in [-0.39, 0.29) is 18.0 Å². The van der Waals surface area contributed by atoms with E-state index in [2.05, 4.69) is 5.32 Å². The fraction of sp³-hybridized carbons (Fsp3) is 0.900. The Kier molecular flexibility index (Phi) is 6.49. The molecule has 0 aromatic rings. The first-order valence-electron chi connectivity index (χ1n) is 5.18. The van der Waals surface area contributed by atoms with E-state index >= 15 is 0 Å². The molecule has 0 rings (SSSR count). The van der Waals surface area contributed by atoms with Crippen molar-refractivity contribution in [2.75, 3.05) is 20.6 Å².